The number of esters is 4. The van der Waals surface area contributed by atoms with E-state index in [1.54, 1.807) is 88.4 Å². The number of ether oxygens (including phenoxy) is 6. The largest absolute Gasteiger partial charge is 0.456 e. The van der Waals surface area contributed by atoms with E-state index in [4.69, 9.17) is 37.3 Å². The van der Waals surface area contributed by atoms with Crippen LogP contribution < -0.4 is 5.32 Å². The minimum atomic E-state index is -2.97. The quantitative estimate of drug-likeness (QED) is 0.0526. The number of aliphatic hydroxyl groups is 1. The van der Waals surface area contributed by atoms with Gasteiger partial charge in [0, 0.05) is 32.1 Å². The lowest BCUT2D eigenvalue weighted by Gasteiger charge is -2.68. The molecule has 11 atom stereocenters. The molecule has 3 aromatic rings. The summed E-state index contributed by atoms with van der Waals surface area (Å²) in [7, 11) is -5.63. The molecular formula is C60H81NO15Si2. The van der Waals surface area contributed by atoms with Crippen LogP contribution in [0.25, 0.3) is 0 Å². The Hall–Kier alpha value is -5.51. The molecular weight excluding hydrogens is 1030 g/mol. The molecule has 0 spiro atoms. The third kappa shape index (κ3) is 11.2. The van der Waals surface area contributed by atoms with E-state index in [1.165, 1.54) is 13.8 Å². The van der Waals surface area contributed by atoms with Crippen molar-refractivity contribution in [3.63, 3.8) is 0 Å². The van der Waals surface area contributed by atoms with Crippen LogP contribution in [-0.2, 0) is 63.1 Å². The van der Waals surface area contributed by atoms with Crippen LogP contribution in [0.2, 0.25) is 36.3 Å². The summed E-state index contributed by atoms with van der Waals surface area (Å²) in [6, 6.07) is 27.0. The number of carbonyl (C=O) groups is 6. The van der Waals surface area contributed by atoms with E-state index in [-0.39, 0.29) is 36.3 Å². The zero-order valence-corrected chi connectivity index (χ0v) is 49.9. The molecule has 2 N–H and O–H groups in total. The smallest absolute Gasteiger partial charge is 0.408 e. The van der Waals surface area contributed by atoms with Gasteiger partial charge >= 0.3 is 30.0 Å². The maximum atomic E-state index is 16.6. The average molecular weight is 1110 g/mol. The zero-order valence-electron chi connectivity index (χ0n) is 47.9. The number of carbonyl (C=O) groups excluding carboxylic acids is 6. The topological polar surface area (TPSA) is 209 Å². The summed E-state index contributed by atoms with van der Waals surface area (Å²) in [4.78, 5) is 88.4. The van der Waals surface area contributed by atoms with Gasteiger partial charge in [0.15, 0.2) is 40.2 Å². The van der Waals surface area contributed by atoms with Gasteiger partial charge in [-0.2, -0.15) is 0 Å². The fraction of sp³-hybridized carbons (Fsp3) is 0.567. The number of nitrogens with one attached hydrogen (secondary N) is 1. The van der Waals surface area contributed by atoms with Crippen molar-refractivity contribution in [3.05, 3.63) is 119 Å². The Morgan fingerprint density at radius 2 is 1.40 bits per heavy atom. The number of hydrogen-bond donors (Lipinski definition) is 2. The summed E-state index contributed by atoms with van der Waals surface area (Å²) >= 11 is 0. The third-order valence-electron chi connectivity index (χ3n) is 18.1. The van der Waals surface area contributed by atoms with Gasteiger partial charge in [0.2, 0.25) is 0 Å². The monoisotopic (exact) mass is 1110 g/mol. The molecule has 1 amide bonds. The first-order chi connectivity index (χ1) is 36.6. The first-order valence-corrected chi connectivity index (χ1v) is 32.8. The van der Waals surface area contributed by atoms with Crippen LogP contribution >= 0.6 is 0 Å². The minimum Gasteiger partial charge on any atom is -0.456 e. The number of ketones is 1. The second-order valence-corrected chi connectivity index (χ2v) is 33.4. The SMILES string of the molecule is CC[Si](CC)(CC)O[C@H]1C[C@H]2OC[C@@]2(OC(C)=O)[C@H]2[C@H](OC(=O)c3ccccc3)[C@]3(O)C[C@H](OC(=O)[C@H](O[Si](C)(C)C(C)(C)C)[C@@H](NC(=O)OCc4ccccc4)c4ccccc4)C(C)=C([C@@H](OC(C)=O)C(=O)[C@]12C)C3(C)C. The molecule has 1 aliphatic heterocycles. The molecule has 7 rings (SSSR count). The van der Waals surface area contributed by atoms with Crippen molar-refractivity contribution in [1.29, 1.82) is 0 Å². The highest BCUT2D eigenvalue weighted by Crippen LogP contribution is 2.65. The van der Waals surface area contributed by atoms with Crippen LogP contribution in [0.5, 0.6) is 0 Å². The standard InChI is InChI=1S/C60H81NO15Si2/c1-15-78(16-2,17-3)75-44-33-45-59(36-70-45,74-39(6)63)50-52(73-53(65)42-31-25-20-26-32-42)60(68)34-43(37(4)46(57(60,10)11)48(71-38(5)62)51(64)58(44,50)12)72-54(66)49(76-77(13,14)56(7,8)9)47(41-29-23-19-24-30-41)61-55(67)69-35-40-27-21-18-22-28-40/h18-32,43-45,47-50,52,68H,15-17,33-36H2,1-14H3,(H,61,67)/t43-,44-,45+,47-,48+,49+,50-,52-,58+,59-,60+/m0/s1. The molecule has 4 aliphatic rings. The van der Waals surface area contributed by atoms with Crippen LogP contribution in [0.15, 0.2) is 102 Å². The zero-order chi connectivity index (χ0) is 57.4. The van der Waals surface area contributed by atoms with Crippen molar-refractivity contribution in [3.8, 4) is 0 Å². The highest BCUT2D eigenvalue weighted by Gasteiger charge is 2.79. The fourth-order valence-electron chi connectivity index (χ4n) is 12.3. The van der Waals surface area contributed by atoms with Gasteiger partial charge in [-0.25, -0.2) is 14.4 Å². The minimum absolute atomic E-state index is 0.0645. The van der Waals surface area contributed by atoms with Crippen LogP contribution in [0.4, 0.5) is 4.79 Å². The molecule has 0 radical (unpaired) electrons. The summed E-state index contributed by atoms with van der Waals surface area (Å²) in [6.45, 7) is 24.9. The van der Waals surface area contributed by atoms with E-state index >= 15 is 9.59 Å². The molecule has 18 heteroatoms. The number of alkyl carbamates (subject to hydrolysis) is 1. The molecule has 0 unspecified atom stereocenters. The Labute approximate surface area is 461 Å². The summed E-state index contributed by atoms with van der Waals surface area (Å²) in [6.07, 6.45) is -9.54. The molecule has 3 aromatic carbocycles. The van der Waals surface area contributed by atoms with E-state index in [1.807, 2.05) is 64.2 Å². The van der Waals surface area contributed by atoms with Crippen molar-refractivity contribution < 1.29 is 71.1 Å². The van der Waals surface area contributed by atoms with Crippen LogP contribution in [-0.4, -0.2) is 112 Å². The molecule has 16 nitrogen and oxygen atoms in total. The summed E-state index contributed by atoms with van der Waals surface area (Å²) < 4.78 is 52.7. The number of hydrogen-bond acceptors (Lipinski definition) is 15. The number of Topliss-reactive ketones (excluding diaryl/α,β-unsaturated/α-hetero) is 1. The fourth-order valence-corrected chi connectivity index (χ4v) is 16.5. The number of rotatable bonds is 18. The van der Waals surface area contributed by atoms with E-state index in [0.29, 0.717) is 23.7 Å². The van der Waals surface area contributed by atoms with Crippen LogP contribution in [0.1, 0.15) is 123 Å². The van der Waals surface area contributed by atoms with Crippen LogP contribution in [0, 0.1) is 16.7 Å². The molecule has 1 heterocycles. The van der Waals surface area contributed by atoms with E-state index in [2.05, 4.69) is 26.1 Å². The molecule has 2 bridgehead atoms. The first-order valence-electron chi connectivity index (χ1n) is 27.4. The summed E-state index contributed by atoms with van der Waals surface area (Å²) in [5, 5.41) is 16.9. The Balaban J connectivity index is 1.46. The normalized spacial score (nSPS) is 28.4. The van der Waals surface area contributed by atoms with Crippen molar-refractivity contribution in [2.24, 2.45) is 16.7 Å². The van der Waals surface area contributed by atoms with Gasteiger partial charge in [-0.15, -0.1) is 0 Å². The molecule has 2 saturated carbocycles. The molecule has 0 aromatic heterocycles. The summed E-state index contributed by atoms with van der Waals surface area (Å²) in [5.74, 6) is -5.38. The molecule has 424 valence electrons. The van der Waals surface area contributed by atoms with Crippen molar-refractivity contribution in [2.75, 3.05) is 6.61 Å². The van der Waals surface area contributed by atoms with Crippen molar-refractivity contribution in [2.45, 2.75) is 193 Å². The van der Waals surface area contributed by atoms with E-state index in [9.17, 15) is 24.3 Å². The highest BCUT2D eigenvalue weighted by molar-refractivity contribution is 6.74. The molecule has 3 fully saturated rings. The van der Waals surface area contributed by atoms with Crippen molar-refractivity contribution >= 4 is 52.4 Å². The maximum absolute atomic E-state index is 16.6. The van der Waals surface area contributed by atoms with Gasteiger partial charge < -0.3 is 47.7 Å². The lowest BCUT2D eigenvalue weighted by molar-refractivity contribution is -0.344. The van der Waals surface area contributed by atoms with Gasteiger partial charge in [0.1, 0.15) is 30.5 Å². The van der Waals surface area contributed by atoms with E-state index in [0.717, 1.165) is 5.56 Å². The predicted molar refractivity (Wildman–Crippen MR) is 296 cm³/mol. The Kier molecular flexibility index (Phi) is 17.7. The van der Waals surface area contributed by atoms with E-state index < -0.39 is 134 Å². The molecule has 3 aliphatic carbocycles. The van der Waals surface area contributed by atoms with Crippen LogP contribution in [0.3, 0.4) is 0 Å². The Bertz CT molecular complexity index is 2720. The number of fused-ring (bicyclic) bond motifs is 5. The van der Waals surface area contributed by atoms with Crippen molar-refractivity contribution in [1.82, 2.24) is 5.32 Å². The summed E-state index contributed by atoms with van der Waals surface area (Å²) in [5.41, 5.74) is -5.75. The number of benzene rings is 3. The number of amides is 1. The predicted octanol–water partition coefficient (Wildman–Crippen LogP) is 10.3. The van der Waals surface area contributed by atoms with Gasteiger partial charge in [-0.05, 0) is 84.5 Å². The maximum Gasteiger partial charge on any atom is 0.408 e. The average Bonchev–Trinajstić information content (AvgIpc) is 3.48. The second-order valence-electron chi connectivity index (χ2n) is 23.9. The third-order valence-corrected chi connectivity index (χ3v) is 27.2. The Morgan fingerprint density at radius 3 is 1.92 bits per heavy atom. The second kappa shape index (κ2) is 22.9. The highest BCUT2D eigenvalue weighted by atomic mass is 28.4. The Morgan fingerprint density at radius 1 is 0.821 bits per heavy atom. The van der Waals surface area contributed by atoms with Gasteiger partial charge in [-0.1, -0.05) is 134 Å². The molecule has 1 saturated heterocycles. The van der Waals surface area contributed by atoms with Gasteiger partial charge in [-0.3, -0.25) is 14.4 Å². The van der Waals surface area contributed by atoms with Gasteiger partial charge in [0.25, 0.3) is 0 Å². The lowest BCUT2D eigenvalue weighted by atomic mass is 9.44. The lowest BCUT2D eigenvalue weighted by Crippen LogP contribution is -2.82. The first kappa shape index (κ1) is 60.1. The van der Waals surface area contributed by atoms with Gasteiger partial charge in [0.05, 0.1) is 35.6 Å². The molecule has 78 heavy (non-hydrogen) atoms.